The van der Waals surface area contributed by atoms with E-state index in [0.717, 1.165) is 94.9 Å². The number of hydrogen-bond donors (Lipinski definition) is 2. The molecule has 1 saturated carbocycles. The van der Waals surface area contributed by atoms with Crippen molar-refractivity contribution in [2.45, 2.75) is 76.3 Å². The minimum Gasteiger partial charge on any atom is -0.402 e. The quantitative estimate of drug-likeness (QED) is 0.638. The van der Waals surface area contributed by atoms with Crippen LogP contribution in [0.1, 0.15) is 64.2 Å². The van der Waals surface area contributed by atoms with Gasteiger partial charge in [0.15, 0.2) is 0 Å². The predicted octanol–water partition coefficient (Wildman–Crippen LogP) is 3.43. The maximum Gasteiger partial charge on any atom is 0.226 e. The number of carbonyl (C=O) groups is 1. The van der Waals surface area contributed by atoms with Gasteiger partial charge in [0, 0.05) is 67.8 Å². The number of ether oxygens (including phenoxy) is 1. The van der Waals surface area contributed by atoms with Crippen LogP contribution in [0.4, 0.5) is 0 Å². The zero-order chi connectivity index (χ0) is 21.4. The number of hydrogen-bond acceptors (Lipinski definition) is 5. The molecule has 6 heteroatoms. The molecule has 6 nitrogen and oxygen atoms in total. The number of carbonyl (C=O) groups excluding carboxylic acids is 1. The summed E-state index contributed by atoms with van der Waals surface area (Å²) in [5, 5.41) is 7.72. The van der Waals surface area contributed by atoms with Gasteiger partial charge >= 0.3 is 0 Å². The molecule has 3 N–H and O–H groups in total. The predicted molar refractivity (Wildman–Crippen MR) is 122 cm³/mol. The molecule has 0 radical (unpaired) electrons. The summed E-state index contributed by atoms with van der Waals surface area (Å²) in [6, 6.07) is 0.635. The van der Waals surface area contributed by atoms with Gasteiger partial charge in [-0.3, -0.25) is 4.79 Å². The first kappa shape index (κ1) is 21.0. The van der Waals surface area contributed by atoms with Crippen LogP contribution in [0.2, 0.25) is 0 Å². The maximum atomic E-state index is 14.0. The normalized spacial score (nSPS) is 31.9. The van der Waals surface area contributed by atoms with E-state index in [1.165, 1.54) is 24.8 Å². The summed E-state index contributed by atoms with van der Waals surface area (Å²) in [4.78, 5) is 18.8. The molecule has 2 heterocycles. The van der Waals surface area contributed by atoms with Crippen LogP contribution in [0.3, 0.4) is 0 Å². The maximum absolute atomic E-state index is 14.0. The van der Waals surface area contributed by atoms with Gasteiger partial charge in [0.1, 0.15) is 0 Å². The number of nitrogens with one attached hydrogen (secondary N) is 1. The highest BCUT2D eigenvalue weighted by molar-refractivity contribution is 5.82. The monoisotopic (exact) mass is 426 g/mol. The lowest BCUT2D eigenvalue weighted by Crippen LogP contribution is -2.48. The second-order valence-corrected chi connectivity index (χ2v) is 10.3. The molecule has 3 unspecified atom stereocenters. The second-order valence-electron chi connectivity index (χ2n) is 10.3. The Morgan fingerprint density at radius 1 is 1.16 bits per heavy atom. The smallest absolute Gasteiger partial charge is 0.226 e. The fourth-order valence-electron chi connectivity index (χ4n) is 6.40. The zero-order valence-corrected chi connectivity index (χ0v) is 18.7. The van der Waals surface area contributed by atoms with Crippen molar-refractivity contribution in [3.63, 3.8) is 0 Å². The summed E-state index contributed by atoms with van der Waals surface area (Å²) in [5.74, 6) is 1.65. The van der Waals surface area contributed by atoms with Gasteiger partial charge in [0.25, 0.3) is 0 Å². The van der Waals surface area contributed by atoms with Gasteiger partial charge in [0.05, 0.1) is 0 Å². The highest BCUT2D eigenvalue weighted by atomic mass is 16.5. The van der Waals surface area contributed by atoms with Crippen molar-refractivity contribution in [2.75, 3.05) is 26.3 Å². The van der Waals surface area contributed by atoms with E-state index in [4.69, 9.17) is 15.9 Å². The van der Waals surface area contributed by atoms with Crippen LogP contribution in [0, 0.1) is 23.2 Å². The van der Waals surface area contributed by atoms with Crippen molar-refractivity contribution in [3.05, 3.63) is 23.0 Å². The Kier molecular flexibility index (Phi) is 6.09. The van der Waals surface area contributed by atoms with E-state index >= 15 is 0 Å². The first-order valence-corrected chi connectivity index (χ1v) is 12.5. The third-order valence-corrected chi connectivity index (χ3v) is 8.29. The number of amides is 1. The standard InChI is InChI=1S/C25H38N4O2/c26-15-18-14-20(6-7-23(18)27)29(19-4-5-19)25(30)22-2-1-3-24-21(22)8-11-28(24)16-17-9-12-31-13-10-17/h3,15,17,19-22,26H,1-2,4-14,16,27H2. The Morgan fingerprint density at radius 3 is 2.71 bits per heavy atom. The molecule has 2 aliphatic heterocycles. The van der Waals surface area contributed by atoms with E-state index in [1.54, 1.807) is 0 Å². The molecule has 0 bridgehead atoms. The van der Waals surface area contributed by atoms with Gasteiger partial charge in [-0.15, -0.1) is 0 Å². The van der Waals surface area contributed by atoms with E-state index in [0.29, 0.717) is 17.9 Å². The largest absolute Gasteiger partial charge is 0.402 e. The number of allylic oxidation sites excluding steroid dienone is 3. The molecule has 1 amide bonds. The van der Waals surface area contributed by atoms with E-state index in [1.807, 2.05) is 0 Å². The van der Waals surface area contributed by atoms with Gasteiger partial charge in [-0.05, 0) is 75.7 Å². The van der Waals surface area contributed by atoms with Crippen molar-refractivity contribution in [3.8, 4) is 0 Å². The van der Waals surface area contributed by atoms with E-state index in [2.05, 4.69) is 15.9 Å². The van der Waals surface area contributed by atoms with E-state index in [-0.39, 0.29) is 12.0 Å². The number of nitrogens with zero attached hydrogens (tertiary/aromatic N) is 2. The lowest BCUT2D eigenvalue weighted by molar-refractivity contribution is -0.140. The van der Waals surface area contributed by atoms with Crippen LogP contribution in [-0.4, -0.2) is 60.3 Å². The summed E-state index contributed by atoms with van der Waals surface area (Å²) in [6.45, 7) is 4.03. The SMILES string of the molecule is N=CC1=C(N)CCC(N(C(=O)C2CCC=C3C2CCN3CC2CCOCC2)C2CC2)C1. The van der Waals surface area contributed by atoms with Crippen molar-refractivity contribution in [1.82, 2.24) is 9.80 Å². The molecule has 0 aromatic rings. The molecular weight excluding hydrogens is 388 g/mol. The summed E-state index contributed by atoms with van der Waals surface area (Å²) >= 11 is 0. The van der Waals surface area contributed by atoms with E-state index in [9.17, 15) is 4.79 Å². The molecule has 3 aliphatic carbocycles. The summed E-state index contributed by atoms with van der Waals surface area (Å²) in [6.07, 6.45) is 14.1. The average Bonchev–Trinajstić information content (AvgIpc) is 3.55. The van der Waals surface area contributed by atoms with Crippen molar-refractivity contribution >= 4 is 12.1 Å². The van der Waals surface area contributed by atoms with Crippen LogP contribution in [0.5, 0.6) is 0 Å². The summed E-state index contributed by atoms with van der Waals surface area (Å²) in [5.41, 5.74) is 9.36. The number of likely N-dealkylation sites (tertiary alicyclic amines) is 1. The molecule has 5 aliphatic rings. The summed E-state index contributed by atoms with van der Waals surface area (Å²) in [7, 11) is 0. The van der Waals surface area contributed by atoms with Gasteiger partial charge in [-0.2, -0.15) is 0 Å². The fourth-order valence-corrected chi connectivity index (χ4v) is 6.40. The Labute approximate surface area is 186 Å². The first-order valence-electron chi connectivity index (χ1n) is 12.5. The molecule has 3 fully saturated rings. The van der Waals surface area contributed by atoms with Crippen LogP contribution >= 0.6 is 0 Å². The fraction of sp³-hybridized carbons (Fsp3) is 0.760. The average molecular weight is 427 g/mol. The van der Waals surface area contributed by atoms with Gasteiger partial charge in [-0.25, -0.2) is 0 Å². The molecule has 170 valence electrons. The van der Waals surface area contributed by atoms with Crippen LogP contribution in [0.25, 0.3) is 0 Å². The minimum atomic E-state index is 0.131. The number of rotatable bonds is 6. The Bertz CT molecular complexity index is 765. The number of fused-ring (bicyclic) bond motifs is 1. The molecule has 0 aromatic carbocycles. The van der Waals surface area contributed by atoms with Crippen LogP contribution < -0.4 is 5.73 Å². The molecule has 0 spiro atoms. The first-order chi connectivity index (χ1) is 15.2. The van der Waals surface area contributed by atoms with Gasteiger partial charge < -0.3 is 25.7 Å². The lowest BCUT2D eigenvalue weighted by Gasteiger charge is -2.40. The second kappa shape index (κ2) is 8.97. The van der Waals surface area contributed by atoms with Crippen LogP contribution in [0.15, 0.2) is 23.0 Å². The minimum absolute atomic E-state index is 0.131. The van der Waals surface area contributed by atoms with Crippen LogP contribution in [-0.2, 0) is 9.53 Å². The molecular formula is C25H38N4O2. The van der Waals surface area contributed by atoms with Crippen molar-refractivity contribution < 1.29 is 9.53 Å². The third-order valence-electron chi connectivity index (χ3n) is 8.29. The summed E-state index contributed by atoms with van der Waals surface area (Å²) < 4.78 is 5.55. The van der Waals surface area contributed by atoms with Gasteiger partial charge in [-0.1, -0.05) is 6.08 Å². The highest BCUT2D eigenvalue weighted by Gasteiger charge is 2.46. The highest BCUT2D eigenvalue weighted by Crippen LogP contribution is 2.44. The molecule has 3 atom stereocenters. The van der Waals surface area contributed by atoms with Gasteiger partial charge in [0.2, 0.25) is 5.91 Å². The molecule has 5 rings (SSSR count). The van der Waals surface area contributed by atoms with Crippen molar-refractivity contribution in [1.29, 1.82) is 5.41 Å². The Balaban J connectivity index is 1.29. The van der Waals surface area contributed by atoms with E-state index < -0.39 is 0 Å². The topological polar surface area (TPSA) is 82.7 Å². The zero-order valence-electron chi connectivity index (χ0n) is 18.7. The molecule has 0 aromatic heterocycles. The lowest BCUT2D eigenvalue weighted by atomic mass is 9.79. The molecule has 2 saturated heterocycles. The Hall–Kier alpha value is -1.82. The number of nitrogens with two attached hydrogens (primary N) is 1. The van der Waals surface area contributed by atoms with Crippen molar-refractivity contribution in [2.24, 2.45) is 23.5 Å². The molecule has 31 heavy (non-hydrogen) atoms. The third kappa shape index (κ3) is 4.28. The Morgan fingerprint density at radius 2 is 1.97 bits per heavy atom.